The normalized spacial score (nSPS) is 10.4. The molecule has 0 aliphatic heterocycles. The molecule has 0 aliphatic carbocycles. The predicted molar refractivity (Wildman–Crippen MR) is 87.3 cm³/mol. The summed E-state index contributed by atoms with van der Waals surface area (Å²) in [6.45, 7) is 0. The first kappa shape index (κ1) is 15.4. The average Bonchev–Trinajstić information content (AvgIpc) is 2.63. The molecule has 120 valence electrons. The molecule has 0 unspecified atom stereocenters. The van der Waals surface area contributed by atoms with Crippen molar-refractivity contribution >= 4 is 11.0 Å². The topological polar surface area (TPSA) is 93.2 Å². The molecule has 3 rings (SSSR count). The van der Waals surface area contributed by atoms with Crippen LogP contribution in [-0.4, -0.2) is 19.0 Å². The quantitative estimate of drug-likeness (QED) is 0.690. The van der Waals surface area contributed by atoms with Gasteiger partial charge in [-0.2, -0.15) is 5.26 Å². The molecule has 0 N–H and O–H groups in total. The third-order valence-electron chi connectivity index (χ3n) is 3.70. The Balaban J connectivity index is 2.49. The SMILES string of the molecule is COc1cc2c(cc1OC)[n+](=O)c(C#N)c(-c1ccccc1)n2[O-]. The van der Waals surface area contributed by atoms with Crippen LogP contribution in [0.25, 0.3) is 22.3 Å². The molecule has 0 bridgehead atoms. The number of aromatic nitrogens is 2. The Morgan fingerprint density at radius 2 is 1.75 bits per heavy atom. The van der Waals surface area contributed by atoms with Crippen molar-refractivity contribution in [3.63, 3.8) is 0 Å². The monoisotopic (exact) mass is 323 g/mol. The molecule has 7 nitrogen and oxygen atoms in total. The van der Waals surface area contributed by atoms with Crippen molar-refractivity contribution in [3.05, 3.63) is 58.3 Å². The molecule has 0 spiro atoms. The largest absolute Gasteiger partial charge is 0.805 e. The molecule has 0 saturated carbocycles. The highest BCUT2D eigenvalue weighted by molar-refractivity contribution is 5.81. The maximum Gasteiger partial charge on any atom is 0.363 e. The van der Waals surface area contributed by atoms with Crippen LogP contribution in [0.5, 0.6) is 11.5 Å². The summed E-state index contributed by atoms with van der Waals surface area (Å²) in [4.78, 5) is 12.6. The highest BCUT2D eigenvalue weighted by Crippen LogP contribution is 2.33. The summed E-state index contributed by atoms with van der Waals surface area (Å²) in [5.41, 5.74) is 0.299. The van der Waals surface area contributed by atoms with E-state index in [4.69, 9.17) is 9.47 Å². The van der Waals surface area contributed by atoms with Crippen LogP contribution in [0.3, 0.4) is 0 Å². The summed E-state index contributed by atoms with van der Waals surface area (Å²) >= 11 is 0. The lowest BCUT2D eigenvalue weighted by Crippen LogP contribution is -2.25. The van der Waals surface area contributed by atoms with Gasteiger partial charge in [-0.05, 0) is 0 Å². The Kier molecular flexibility index (Phi) is 3.80. The van der Waals surface area contributed by atoms with Gasteiger partial charge in [0.05, 0.1) is 24.7 Å². The maximum atomic E-state index is 12.8. The molecule has 7 heteroatoms. The van der Waals surface area contributed by atoms with Gasteiger partial charge < -0.3 is 19.4 Å². The molecule has 0 radical (unpaired) electrons. The number of methoxy groups -OCH3 is 2. The number of hydrogen-bond donors (Lipinski definition) is 0. The summed E-state index contributed by atoms with van der Waals surface area (Å²) in [5.74, 6) is 0.615. The van der Waals surface area contributed by atoms with Crippen molar-refractivity contribution in [2.45, 2.75) is 0 Å². The lowest BCUT2D eigenvalue weighted by molar-refractivity contribution is -0.467. The third-order valence-corrected chi connectivity index (χ3v) is 3.70. The summed E-state index contributed by atoms with van der Waals surface area (Å²) in [6.07, 6.45) is 0. The summed E-state index contributed by atoms with van der Waals surface area (Å²) in [5, 5.41) is 22.2. The number of rotatable bonds is 3. The van der Waals surface area contributed by atoms with E-state index < -0.39 is 0 Å². The van der Waals surface area contributed by atoms with Crippen LogP contribution in [0.1, 0.15) is 5.69 Å². The number of benzene rings is 2. The fourth-order valence-corrected chi connectivity index (χ4v) is 2.56. The van der Waals surface area contributed by atoms with Crippen LogP contribution in [0, 0.1) is 21.4 Å². The second-order valence-corrected chi connectivity index (χ2v) is 4.96. The molecule has 0 fully saturated rings. The van der Waals surface area contributed by atoms with E-state index in [1.165, 1.54) is 26.4 Å². The second-order valence-electron chi connectivity index (χ2n) is 4.96. The van der Waals surface area contributed by atoms with Crippen LogP contribution in [0.15, 0.2) is 42.5 Å². The van der Waals surface area contributed by atoms with Gasteiger partial charge in [0, 0.05) is 16.5 Å². The lowest BCUT2D eigenvalue weighted by atomic mass is 10.1. The minimum Gasteiger partial charge on any atom is -0.805 e. The maximum absolute atomic E-state index is 12.8. The molecule has 1 aromatic heterocycles. The van der Waals surface area contributed by atoms with Gasteiger partial charge in [0.1, 0.15) is 11.2 Å². The van der Waals surface area contributed by atoms with Crippen LogP contribution in [0.4, 0.5) is 0 Å². The van der Waals surface area contributed by atoms with Gasteiger partial charge in [-0.1, -0.05) is 30.3 Å². The molecular weight excluding hydrogens is 310 g/mol. The van der Waals surface area contributed by atoms with Crippen molar-refractivity contribution in [1.82, 2.24) is 4.73 Å². The zero-order valence-electron chi connectivity index (χ0n) is 13.0. The van der Waals surface area contributed by atoms with Gasteiger partial charge in [-0.15, -0.1) is 0 Å². The van der Waals surface area contributed by atoms with Crippen molar-refractivity contribution in [2.24, 2.45) is 0 Å². The zero-order chi connectivity index (χ0) is 17.3. The van der Waals surface area contributed by atoms with E-state index in [-0.39, 0.29) is 22.4 Å². The van der Waals surface area contributed by atoms with Crippen molar-refractivity contribution in [2.75, 3.05) is 14.2 Å². The van der Waals surface area contributed by atoms with Gasteiger partial charge in [0.25, 0.3) is 5.52 Å². The molecule has 2 aromatic carbocycles. The first-order valence-electron chi connectivity index (χ1n) is 7.02. The van der Waals surface area contributed by atoms with E-state index in [0.29, 0.717) is 26.2 Å². The first-order chi connectivity index (χ1) is 11.6. The summed E-state index contributed by atoms with van der Waals surface area (Å²) < 4.78 is 11.4. The van der Waals surface area contributed by atoms with E-state index in [1.54, 1.807) is 30.3 Å². The number of nitrogens with zero attached hydrogens (tertiary/aromatic N) is 3. The van der Waals surface area contributed by atoms with Crippen molar-refractivity contribution in [3.8, 4) is 28.8 Å². The summed E-state index contributed by atoms with van der Waals surface area (Å²) in [7, 11) is 2.86. The van der Waals surface area contributed by atoms with E-state index in [1.807, 2.05) is 6.07 Å². The van der Waals surface area contributed by atoms with E-state index in [9.17, 15) is 15.4 Å². The van der Waals surface area contributed by atoms with Crippen molar-refractivity contribution < 1.29 is 13.9 Å². The van der Waals surface area contributed by atoms with Gasteiger partial charge >= 0.3 is 5.69 Å². The highest BCUT2D eigenvalue weighted by atomic mass is 16.5. The number of hydrogen-bond acceptors (Lipinski definition) is 5. The standard InChI is InChI=1S/C17H13N3O4/c1-23-15-8-12-13(9-16(15)24-2)20(22)17(14(10-18)19(12)21)11-6-4-3-5-7-11/h3-9H,1-2H3. The van der Waals surface area contributed by atoms with E-state index in [2.05, 4.69) is 0 Å². The third kappa shape index (κ3) is 2.21. The fourth-order valence-electron chi connectivity index (χ4n) is 2.56. The lowest BCUT2D eigenvalue weighted by Gasteiger charge is -2.18. The molecule has 0 atom stereocenters. The molecule has 0 aliphatic rings. The Morgan fingerprint density at radius 1 is 1.12 bits per heavy atom. The van der Waals surface area contributed by atoms with Gasteiger partial charge in [0.15, 0.2) is 17.6 Å². The smallest absolute Gasteiger partial charge is 0.363 e. The molecule has 0 saturated heterocycles. The van der Waals surface area contributed by atoms with E-state index in [0.717, 1.165) is 0 Å². The highest BCUT2D eigenvalue weighted by Gasteiger charge is 2.25. The second kappa shape index (κ2) is 5.93. The van der Waals surface area contributed by atoms with Gasteiger partial charge in [-0.25, -0.2) is 0 Å². The zero-order valence-corrected chi connectivity index (χ0v) is 13.0. The van der Waals surface area contributed by atoms with Crippen LogP contribution in [0.2, 0.25) is 0 Å². The number of nitriles is 1. The summed E-state index contributed by atoms with van der Waals surface area (Å²) in [6, 6.07) is 13.2. The van der Waals surface area contributed by atoms with Crippen LogP contribution >= 0.6 is 0 Å². The van der Waals surface area contributed by atoms with Crippen molar-refractivity contribution in [1.29, 1.82) is 5.26 Å². The Morgan fingerprint density at radius 3 is 2.33 bits per heavy atom. The molecule has 3 aromatic rings. The number of fused-ring (bicyclic) bond motifs is 1. The minimum atomic E-state index is -0.282. The molecule has 0 amide bonds. The Labute approximate surface area is 137 Å². The fraction of sp³-hybridized carbons (Fsp3) is 0.118. The first-order valence-corrected chi connectivity index (χ1v) is 7.02. The average molecular weight is 323 g/mol. The molecule has 24 heavy (non-hydrogen) atoms. The Hall–Kier alpha value is -3.53. The molecular formula is C17H13N3O4. The minimum absolute atomic E-state index is 0.00665. The van der Waals surface area contributed by atoms with Crippen LogP contribution < -0.4 is 13.9 Å². The van der Waals surface area contributed by atoms with Gasteiger partial charge in [-0.3, -0.25) is 0 Å². The molecule has 1 heterocycles. The Bertz CT molecular complexity index is 1020. The van der Waals surface area contributed by atoms with Gasteiger partial charge in [0.2, 0.25) is 0 Å². The van der Waals surface area contributed by atoms with Crippen LogP contribution in [-0.2, 0) is 0 Å². The van der Waals surface area contributed by atoms with E-state index >= 15 is 0 Å². The number of ether oxygens (including phenoxy) is 2. The predicted octanol–water partition coefficient (Wildman–Crippen LogP) is 2.46.